The first-order valence-corrected chi connectivity index (χ1v) is 9.88. The van der Waals surface area contributed by atoms with Crippen LogP contribution in [-0.4, -0.2) is 61.1 Å². The molecule has 1 amide bonds. The summed E-state index contributed by atoms with van der Waals surface area (Å²) in [4.78, 5) is 16.9. The molecule has 0 aromatic heterocycles. The Hall–Kier alpha value is -0.610. The van der Waals surface area contributed by atoms with Crippen molar-refractivity contribution in [2.75, 3.05) is 33.8 Å². The third-order valence-electron chi connectivity index (χ3n) is 4.93. The lowest BCUT2D eigenvalue weighted by molar-refractivity contribution is -0.141. The Morgan fingerprint density at radius 3 is 2.08 bits per heavy atom. The number of ether oxygens (including phenoxy) is 1. The fourth-order valence-electron chi connectivity index (χ4n) is 2.87. The van der Waals surface area contributed by atoms with Gasteiger partial charge in [-0.1, -0.05) is 27.7 Å². The Morgan fingerprint density at radius 2 is 1.60 bits per heavy atom. The first kappa shape index (κ1) is 24.4. The van der Waals surface area contributed by atoms with Crippen LogP contribution in [0.3, 0.4) is 0 Å². The van der Waals surface area contributed by atoms with E-state index in [2.05, 4.69) is 53.5 Å². The zero-order valence-corrected chi connectivity index (χ0v) is 18.6. The zero-order valence-electron chi connectivity index (χ0n) is 18.6. The molecule has 0 spiro atoms. The predicted molar refractivity (Wildman–Crippen MR) is 108 cm³/mol. The summed E-state index contributed by atoms with van der Waals surface area (Å²) in [7, 11) is 4.04. The molecule has 0 aliphatic rings. The van der Waals surface area contributed by atoms with Gasteiger partial charge in [0.2, 0.25) is 5.91 Å². The first-order chi connectivity index (χ1) is 11.3. The molecule has 4 heteroatoms. The van der Waals surface area contributed by atoms with Crippen LogP contribution in [-0.2, 0) is 9.53 Å². The van der Waals surface area contributed by atoms with E-state index in [1.807, 2.05) is 25.8 Å². The van der Waals surface area contributed by atoms with Crippen LogP contribution < -0.4 is 0 Å². The minimum atomic E-state index is -0.382. The first-order valence-electron chi connectivity index (χ1n) is 9.88. The lowest BCUT2D eigenvalue weighted by atomic mass is 9.88. The Balaban J connectivity index is 4.39. The molecule has 0 aliphatic heterocycles. The molecule has 0 aromatic carbocycles. The predicted octanol–water partition coefficient (Wildman–Crippen LogP) is 4.43. The Labute approximate surface area is 157 Å². The molecule has 150 valence electrons. The number of nitrogens with zero attached hydrogens (tertiary/aromatic N) is 2. The molecule has 4 nitrogen and oxygen atoms in total. The fourth-order valence-corrected chi connectivity index (χ4v) is 2.87. The van der Waals surface area contributed by atoms with Crippen molar-refractivity contribution in [3.8, 4) is 0 Å². The molecule has 0 aromatic rings. The van der Waals surface area contributed by atoms with Crippen LogP contribution >= 0.6 is 0 Å². The molecule has 0 unspecified atom stereocenters. The summed E-state index contributed by atoms with van der Waals surface area (Å²) < 4.78 is 6.12. The van der Waals surface area contributed by atoms with E-state index < -0.39 is 0 Å². The van der Waals surface area contributed by atoms with Gasteiger partial charge in [0.05, 0.1) is 5.60 Å². The number of amides is 1. The normalized spacial score (nSPS) is 13.2. The standard InChI is InChI=1S/C21H44N2O2/c1-17(2)12-11-14-22(9)19(24)20(5,6)13-15-25-21(7,8)16-23(10)18(3)4/h17-18H,11-16H2,1-10H3. The molecule has 25 heavy (non-hydrogen) atoms. The lowest BCUT2D eigenvalue weighted by Gasteiger charge is -2.34. The molecule has 0 radical (unpaired) electrons. The molecule has 0 saturated carbocycles. The van der Waals surface area contributed by atoms with Crippen LogP contribution in [0.4, 0.5) is 0 Å². The maximum Gasteiger partial charge on any atom is 0.228 e. The third-order valence-corrected chi connectivity index (χ3v) is 4.93. The SMILES string of the molecule is CC(C)CCCN(C)C(=O)C(C)(C)CCOC(C)(C)CN(C)C(C)C. The van der Waals surface area contributed by atoms with E-state index in [0.29, 0.717) is 18.6 Å². The van der Waals surface area contributed by atoms with Gasteiger partial charge in [0, 0.05) is 38.2 Å². The molecule has 0 rings (SSSR count). The molecular formula is C21H44N2O2. The van der Waals surface area contributed by atoms with Gasteiger partial charge in [-0.2, -0.15) is 0 Å². The van der Waals surface area contributed by atoms with Gasteiger partial charge in [-0.05, 0) is 59.9 Å². The highest BCUT2D eigenvalue weighted by molar-refractivity contribution is 5.81. The van der Waals surface area contributed by atoms with Gasteiger partial charge in [0.25, 0.3) is 0 Å². The van der Waals surface area contributed by atoms with Crippen LogP contribution in [0.5, 0.6) is 0 Å². The number of carbonyl (C=O) groups excluding carboxylic acids is 1. The van der Waals surface area contributed by atoms with Gasteiger partial charge in [0.1, 0.15) is 0 Å². The van der Waals surface area contributed by atoms with Gasteiger partial charge in [-0.25, -0.2) is 0 Å². The average Bonchev–Trinajstić information content (AvgIpc) is 2.44. The summed E-state index contributed by atoms with van der Waals surface area (Å²) in [6.07, 6.45) is 2.98. The van der Waals surface area contributed by atoms with Crippen molar-refractivity contribution in [2.45, 2.75) is 86.3 Å². The summed E-state index contributed by atoms with van der Waals surface area (Å²) in [5, 5.41) is 0. The van der Waals surface area contributed by atoms with Crippen molar-refractivity contribution in [1.82, 2.24) is 9.80 Å². The highest BCUT2D eigenvalue weighted by Crippen LogP contribution is 2.25. The Kier molecular flexibility index (Phi) is 10.3. The average molecular weight is 357 g/mol. The van der Waals surface area contributed by atoms with Gasteiger partial charge in [0.15, 0.2) is 0 Å². The van der Waals surface area contributed by atoms with Crippen molar-refractivity contribution in [3.63, 3.8) is 0 Å². The zero-order chi connectivity index (χ0) is 19.8. The van der Waals surface area contributed by atoms with Gasteiger partial charge < -0.3 is 14.5 Å². The fraction of sp³-hybridized carbons (Fsp3) is 0.952. The smallest absolute Gasteiger partial charge is 0.228 e. The van der Waals surface area contributed by atoms with E-state index in [9.17, 15) is 4.79 Å². The second-order valence-corrected chi connectivity index (χ2v) is 9.51. The second kappa shape index (κ2) is 10.5. The van der Waals surface area contributed by atoms with Crippen molar-refractivity contribution >= 4 is 5.91 Å². The molecule has 0 bridgehead atoms. The lowest BCUT2D eigenvalue weighted by Crippen LogP contribution is -2.43. The van der Waals surface area contributed by atoms with E-state index >= 15 is 0 Å². The molecule has 0 heterocycles. The number of likely N-dealkylation sites (N-methyl/N-ethyl adjacent to an activating group) is 1. The minimum absolute atomic E-state index is 0.207. The molecule has 0 fully saturated rings. The topological polar surface area (TPSA) is 32.8 Å². The van der Waals surface area contributed by atoms with Crippen LogP contribution in [0.2, 0.25) is 0 Å². The maximum atomic E-state index is 12.7. The molecule has 0 aliphatic carbocycles. The summed E-state index contributed by atoms with van der Waals surface area (Å²) in [6, 6.07) is 0.500. The van der Waals surface area contributed by atoms with Crippen molar-refractivity contribution in [3.05, 3.63) is 0 Å². The van der Waals surface area contributed by atoms with E-state index in [1.54, 1.807) is 0 Å². The van der Waals surface area contributed by atoms with Gasteiger partial charge in [-0.15, -0.1) is 0 Å². The number of hydrogen-bond donors (Lipinski definition) is 0. The van der Waals surface area contributed by atoms with E-state index in [-0.39, 0.29) is 16.9 Å². The number of hydrogen-bond acceptors (Lipinski definition) is 3. The molecule has 0 N–H and O–H groups in total. The summed E-state index contributed by atoms with van der Waals surface area (Å²) in [5.74, 6) is 0.910. The molecule has 0 atom stereocenters. The highest BCUT2D eigenvalue weighted by atomic mass is 16.5. The number of carbonyl (C=O) groups is 1. The molecular weight excluding hydrogens is 312 g/mol. The van der Waals surface area contributed by atoms with E-state index in [0.717, 1.165) is 25.9 Å². The van der Waals surface area contributed by atoms with Crippen molar-refractivity contribution in [1.29, 1.82) is 0 Å². The highest BCUT2D eigenvalue weighted by Gasteiger charge is 2.31. The number of rotatable bonds is 12. The quantitative estimate of drug-likeness (QED) is 0.518. The van der Waals surface area contributed by atoms with Crippen LogP contribution in [0.25, 0.3) is 0 Å². The van der Waals surface area contributed by atoms with Crippen LogP contribution in [0.1, 0.15) is 74.7 Å². The largest absolute Gasteiger partial charge is 0.374 e. The summed E-state index contributed by atoms with van der Waals surface area (Å²) >= 11 is 0. The van der Waals surface area contributed by atoms with Gasteiger partial charge >= 0.3 is 0 Å². The molecule has 0 saturated heterocycles. The van der Waals surface area contributed by atoms with E-state index in [4.69, 9.17) is 4.74 Å². The van der Waals surface area contributed by atoms with Crippen LogP contribution in [0, 0.1) is 11.3 Å². The van der Waals surface area contributed by atoms with Crippen molar-refractivity contribution in [2.24, 2.45) is 11.3 Å². The third kappa shape index (κ3) is 10.2. The second-order valence-electron chi connectivity index (χ2n) is 9.51. The van der Waals surface area contributed by atoms with E-state index in [1.165, 1.54) is 6.42 Å². The Morgan fingerprint density at radius 1 is 1.04 bits per heavy atom. The van der Waals surface area contributed by atoms with Crippen LogP contribution in [0.15, 0.2) is 0 Å². The summed E-state index contributed by atoms with van der Waals surface area (Å²) in [6.45, 7) is 19.5. The monoisotopic (exact) mass is 356 g/mol. The van der Waals surface area contributed by atoms with Gasteiger partial charge in [-0.3, -0.25) is 4.79 Å². The summed E-state index contributed by atoms with van der Waals surface area (Å²) in [5.41, 5.74) is -0.589. The Bertz CT molecular complexity index is 389. The van der Waals surface area contributed by atoms with Crippen molar-refractivity contribution < 1.29 is 9.53 Å². The maximum absolute atomic E-state index is 12.7. The minimum Gasteiger partial charge on any atom is -0.374 e.